The number of ether oxygens (including phenoxy) is 2. The van der Waals surface area contributed by atoms with Crippen molar-refractivity contribution in [3.8, 4) is 11.5 Å². The Morgan fingerprint density at radius 1 is 1.20 bits per heavy atom. The molecule has 0 bridgehead atoms. The van der Waals surface area contributed by atoms with Crippen LogP contribution in [0.3, 0.4) is 0 Å². The third-order valence-electron chi connectivity index (χ3n) is 1.49. The molecule has 0 aromatic heterocycles. The molecule has 0 N–H and O–H groups in total. The van der Waals surface area contributed by atoms with E-state index >= 15 is 0 Å². The predicted molar refractivity (Wildman–Crippen MR) is 44.2 cm³/mol. The zero-order valence-electron chi connectivity index (χ0n) is 7.77. The van der Waals surface area contributed by atoms with Gasteiger partial charge in [0.25, 0.3) is 0 Å². The molecule has 0 unspecified atom stereocenters. The highest BCUT2D eigenvalue weighted by molar-refractivity contribution is 5.34. The number of hydrogen-bond acceptors (Lipinski definition) is 2. The van der Waals surface area contributed by atoms with Crippen LogP contribution in [0, 0.1) is 11.6 Å². The smallest absolute Gasteiger partial charge is 0.387 e. The maximum atomic E-state index is 13.0. The van der Waals surface area contributed by atoms with Crippen molar-refractivity contribution < 1.29 is 27.0 Å². The van der Waals surface area contributed by atoms with Gasteiger partial charge in [-0.2, -0.15) is 8.78 Å². The Bertz CT molecular complexity index is 318. The van der Waals surface area contributed by atoms with Gasteiger partial charge in [-0.25, -0.2) is 8.78 Å². The summed E-state index contributed by atoms with van der Waals surface area (Å²) in [4.78, 5) is 0. The van der Waals surface area contributed by atoms with Gasteiger partial charge in [-0.1, -0.05) is 0 Å². The maximum Gasteiger partial charge on any atom is 0.387 e. The lowest BCUT2D eigenvalue weighted by molar-refractivity contribution is -0.0547. The van der Waals surface area contributed by atoms with E-state index in [4.69, 9.17) is 4.74 Å². The quantitative estimate of drug-likeness (QED) is 0.732. The highest BCUT2D eigenvalue weighted by atomic mass is 19.3. The van der Waals surface area contributed by atoms with Crippen LogP contribution in [0.2, 0.25) is 0 Å². The molecule has 1 rings (SSSR count). The van der Waals surface area contributed by atoms with E-state index in [9.17, 15) is 17.6 Å². The van der Waals surface area contributed by atoms with Gasteiger partial charge in [0.15, 0.2) is 17.4 Å². The average Bonchev–Trinajstić information content (AvgIpc) is 2.11. The Balaban J connectivity index is 2.98. The third kappa shape index (κ3) is 3.00. The van der Waals surface area contributed by atoms with Gasteiger partial charge in [0, 0.05) is 12.1 Å². The lowest BCUT2D eigenvalue weighted by Crippen LogP contribution is -2.06. The van der Waals surface area contributed by atoms with Crippen molar-refractivity contribution in [1.29, 1.82) is 0 Å². The van der Waals surface area contributed by atoms with E-state index in [2.05, 4.69) is 4.74 Å². The highest BCUT2D eigenvalue weighted by Gasteiger charge is 2.17. The van der Waals surface area contributed by atoms with E-state index in [1.54, 1.807) is 6.92 Å². The van der Waals surface area contributed by atoms with Crippen LogP contribution in [0.4, 0.5) is 17.6 Å². The molecule has 0 aliphatic rings. The van der Waals surface area contributed by atoms with Crippen LogP contribution >= 0.6 is 0 Å². The third-order valence-corrected chi connectivity index (χ3v) is 1.49. The van der Waals surface area contributed by atoms with Gasteiger partial charge in [0.2, 0.25) is 0 Å². The van der Waals surface area contributed by atoms with Gasteiger partial charge in [-0.15, -0.1) is 0 Å². The highest BCUT2D eigenvalue weighted by Crippen LogP contribution is 2.28. The van der Waals surface area contributed by atoms with Crippen molar-refractivity contribution in [1.82, 2.24) is 0 Å². The number of halogens is 4. The summed E-state index contributed by atoms with van der Waals surface area (Å²) in [6, 6.07) is 1.56. The zero-order valence-corrected chi connectivity index (χ0v) is 7.77. The molecule has 1 aromatic rings. The summed E-state index contributed by atoms with van der Waals surface area (Å²) >= 11 is 0. The number of rotatable bonds is 4. The molecular weight excluding hydrogens is 216 g/mol. The molecule has 0 radical (unpaired) electrons. The largest absolute Gasteiger partial charge is 0.494 e. The summed E-state index contributed by atoms with van der Waals surface area (Å²) in [6.07, 6.45) is 0. The summed E-state index contributed by atoms with van der Waals surface area (Å²) in [5.74, 6) is -3.62. The first kappa shape index (κ1) is 11.6. The topological polar surface area (TPSA) is 18.5 Å². The Hall–Kier alpha value is -1.46. The molecule has 1 aromatic carbocycles. The average molecular weight is 224 g/mol. The van der Waals surface area contributed by atoms with Gasteiger partial charge in [-0.3, -0.25) is 0 Å². The molecule has 0 saturated carbocycles. The lowest BCUT2D eigenvalue weighted by atomic mass is 10.3. The summed E-state index contributed by atoms with van der Waals surface area (Å²) < 4.78 is 58.0. The standard InChI is InChI=1S/C9H8F4O2/c1-2-14-5-3-6(10)8(7(11)4-5)15-9(12)13/h3-4,9H,2H2,1H3. The monoisotopic (exact) mass is 224 g/mol. The molecule has 2 nitrogen and oxygen atoms in total. The Morgan fingerprint density at radius 2 is 1.73 bits per heavy atom. The number of benzene rings is 1. The molecule has 0 spiro atoms. The van der Waals surface area contributed by atoms with Crippen molar-refractivity contribution in [2.75, 3.05) is 6.61 Å². The fraction of sp³-hybridized carbons (Fsp3) is 0.333. The molecule has 84 valence electrons. The van der Waals surface area contributed by atoms with E-state index in [0.29, 0.717) is 0 Å². The van der Waals surface area contributed by atoms with Crippen LogP contribution in [0.5, 0.6) is 11.5 Å². The van der Waals surface area contributed by atoms with Crippen molar-refractivity contribution >= 4 is 0 Å². The molecule has 0 fully saturated rings. The molecule has 0 aliphatic heterocycles. The SMILES string of the molecule is CCOc1cc(F)c(OC(F)F)c(F)c1. The van der Waals surface area contributed by atoms with E-state index in [1.165, 1.54) is 0 Å². The molecular formula is C9H8F4O2. The number of hydrogen-bond donors (Lipinski definition) is 0. The van der Waals surface area contributed by atoms with Crippen molar-refractivity contribution in [3.63, 3.8) is 0 Å². The summed E-state index contributed by atoms with van der Waals surface area (Å²) in [5.41, 5.74) is 0. The van der Waals surface area contributed by atoms with Crippen LogP contribution in [-0.4, -0.2) is 13.2 Å². The summed E-state index contributed by atoms with van der Waals surface area (Å²) in [6.45, 7) is -1.43. The fourth-order valence-electron chi connectivity index (χ4n) is 0.988. The summed E-state index contributed by atoms with van der Waals surface area (Å²) in [7, 11) is 0. The molecule has 0 saturated heterocycles. The Morgan fingerprint density at radius 3 is 2.13 bits per heavy atom. The van der Waals surface area contributed by atoms with E-state index < -0.39 is 24.0 Å². The predicted octanol–water partition coefficient (Wildman–Crippen LogP) is 2.96. The van der Waals surface area contributed by atoms with Gasteiger partial charge < -0.3 is 9.47 Å². The molecule has 0 aliphatic carbocycles. The van der Waals surface area contributed by atoms with Gasteiger partial charge in [0.05, 0.1) is 6.61 Å². The van der Waals surface area contributed by atoms with Crippen molar-refractivity contribution in [3.05, 3.63) is 23.8 Å². The van der Waals surface area contributed by atoms with Crippen LogP contribution in [0.15, 0.2) is 12.1 Å². The minimum absolute atomic E-state index is 0.0749. The fourth-order valence-corrected chi connectivity index (χ4v) is 0.988. The van der Waals surface area contributed by atoms with Crippen LogP contribution in [0.1, 0.15) is 6.92 Å². The first-order chi connectivity index (χ1) is 7.04. The van der Waals surface area contributed by atoms with E-state index in [0.717, 1.165) is 12.1 Å². The minimum atomic E-state index is -3.27. The second-order valence-corrected chi connectivity index (χ2v) is 2.53. The second-order valence-electron chi connectivity index (χ2n) is 2.53. The van der Waals surface area contributed by atoms with E-state index in [1.807, 2.05) is 0 Å². The Labute approximate surface area is 83.4 Å². The molecule has 0 atom stereocenters. The van der Waals surface area contributed by atoms with Crippen LogP contribution in [-0.2, 0) is 0 Å². The van der Waals surface area contributed by atoms with Crippen LogP contribution in [0.25, 0.3) is 0 Å². The first-order valence-electron chi connectivity index (χ1n) is 4.11. The van der Waals surface area contributed by atoms with Gasteiger partial charge in [0.1, 0.15) is 5.75 Å². The van der Waals surface area contributed by atoms with Gasteiger partial charge in [-0.05, 0) is 6.92 Å². The molecule has 15 heavy (non-hydrogen) atoms. The number of alkyl halides is 2. The molecule has 0 amide bonds. The second kappa shape index (κ2) is 4.86. The first-order valence-corrected chi connectivity index (χ1v) is 4.11. The molecule has 6 heteroatoms. The minimum Gasteiger partial charge on any atom is -0.494 e. The van der Waals surface area contributed by atoms with Gasteiger partial charge >= 0.3 is 6.61 Å². The summed E-state index contributed by atoms with van der Waals surface area (Å²) in [5, 5.41) is 0. The molecule has 0 heterocycles. The maximum absolute atomic E-state index is 13.0. The van der Waals surface area contributed by atoms with E-state index in [-0.39, 0.29) is 12.4 Å². The van der Waals surface area contributed by atoms with Crippen molar-refractivity contribution in [2.24, 2.45) is 0 Å². The lowest BCUT2D eigenvalue weighted by Gasteiger charge is -2.09. The Kier molecular flexibility index (Phi) is 3.76. The zero-order chi connectivity index (χ0) is 11.4. The normalized spacial score (nSPS) is 10.5. The van der Waals surface area contributed by atoms with Crippen LogP contribution < -0.4 is 9.47 Å². The van der Waals surface area contributed by atoms with Crippen molar-refractivity contribution in [2.45, 2.75) is 13.5 Å².